The van der Waals surface area contributed by atoms with Crippen molar-refractivity contribution in [2.24, 2.45) is 5.92 Å². The Morgan fingerprint density at radius 2 is 1.67 bits per heavy atom. The number of benzene rings is 1. The van der Waals surface area contributed by atoms with E-state index in [2.05, 4.69) is 16.0 Å². The molecule has 0 aromatic heterocycles. The highest BCUT2D eigenvalue weighted by Crippen LogP contribution is 2.45. The third-order valence-corrected chi connectivity index (χ3v) is 9.98. The number of nitrogens with zero attached hydrogens (tertiary/aromatic N) is 2. The highest BCUT2D eigenvalue weighted by Gasteiger charge is 2.61. The third kappa shape index (κ3) is 6.79. The molecule has 242 valence electrons. The highest BCUT2D eigenvalue weighted by atomic mass is 16.6. The summed E-state index contributed by atoms with van der Waals surface area (Å²) in [5.41, 5.74) is 0.650. The van der Waals surface area contributed by atoms with Gasteiger partial charge in [0, 0.05) is 31.5 Å². The van der Waals surface area contributed by atoms with E-state index in [-0.39, 0.29) is 31.3 Å². The van der Waals surface area contributed by atoms with Crippen LogP contribution in [0.3, 0.4) is 0 Å². The first-order valence-electron chi connectivity index (χ1n) is 16.4. The van der Waals surface area contributed by atoms with Crippen LogP contribution in [0.2, 0.25) is 0 Å². The Morgan fingerprint density at radius 1 is 0.956 bits per heavy atom. The van der Waals surface area contributed by atoms with Crippen LogP contribution in [0.5, 0.6) is 0 Å². The summed E-state index contributed by atoms with van der Waals surface area (Å²) >= 11 is 0. The Hall–Kier alpha value is -4.09. The number of amides is 5. The molecule has 3 fully saturated rings. The smallest absolute Gasteiger partial charge is 0.410 e. The van der Waals surface area contributed by atoms with Crippen LogP contribution >= 0.6 is 0 Å². The van der Waals surface area contributed by atoms with Crippen molar-refractivity contribution in [3.8, 4) is 0 Å². The van der Waals surface area contributed by atoms with Gasteiger partial charge in [-0.15, -0.1) is 0 Å². The van der Waals surface area contributed by atoms with E-state index >= 15 is 0 Å². The predicted octanol–water partition coefficient (Wildman–Crippen LogP) is 3.20. The maximum atomic E-state index is 14.1. The molecule has 1 aromatic carbocycles. The first-order chi connectivity index (χ1) is 21.7. The lowest BCUT2D eigenvalue weighted by Gasteiger charge is -2.29. The van der Waals surface area contributed by atoms with Crippen LogP contribution in [-0.4, -0.2) is 81.1 Å². The van der Waals surface area contributed by atoms with Gasteiger partial charge in [0.25, 0.3) is 0 Å². The Labute approximate surface area is 262 Å². The Bertz CT molecular complexity index is 1340. The fourth-order valence-electron chi connectivity index (χ4n) is 7.28. The van der Waals surface area contributed by atoms with Gasteiger partial charge in [0.15, 0.2) is 0 Å². The summed E-state index contributed by atoms with van der Waals surface area (Å²) in [6.45, 7) is 0.786. The van der Waals surface area contributed by atoms with Gasteiger partial charge in [-0.3, -0.25) is 14.5 Å². The van der Waals surface area contributed by atoms with Crippen molar-refractivity contribution in [1.29, 1.82) is 0 Å². The van der Waals surface area contributed by atoms with Gasteiger partial charge in [0.2, 0.25) is 11.8 Å². The minimum absolute atomic E-state index is 0.0291. The van der Waals surface area contributed by atoms with E-state index in [1.807, 2.05) is 36.4 Å². The van der Waals surface area contributed by atoms with Gasteiger partial charge in [0.05, 0.1) is 6.54 Å². The molecule has 1 aromatic rings. The first-order valence-corrected chi connectivity index (χ1v) is 16.4. The fraction of sp³-hybridized carbons (Fsp3) is 0.606. The molecule has 1 saturated heterocycles. The van der Waals surface area contributed by atoms with E-state index < -0.39 is 53.6 Å². The normalized spacial score (nSPS) is 31.0. The number of aliphatic carboxylic acids is 1. The number of nitrogens with one attached hydrogen (secondary N) is 3. The summed E-state index contributed by atoms with van der Waals surface area (Å²) in [5.74, 6) is -2.49. The number of rotatable bonds is 4. The number of allylic oxidation sites excluding steroid dienone is 1. The lowest BCUT2D eigenvalue weighted by atomic mass is 10.0. The minimum Gasteiger partial charge on any atom is -0.479 e. The van der Waals surface area contributed by atoms with Crippen molar-refractivity contribution in [1.82, 2.24) is 25.8 Å². The molecule has 0 spiro atoms. The van der Waals surface area contributed by atoms with Gasteiger partial charge in [-0.2, -0.15) is 0 Å². The molecule has 45 heavy (non-hydrogen) atoms. The van der Waals surface area contributed by atoms with Crippen LogP contribution in [0.15, 0.2) is 36.4 Å². The van der Waals surface area contributed by atoms with Crippen molar-refractivity contribution < 1.29 is 33.8 Å². The van der Waals surface area contributed by atoms with Crippen LogP contribution < -0.4 is 16.0 Å². The Balaban J connectivity index is 1.20. The minimum atomic E-state index is -1.43. The number of hydrogen-bond donors (Lipinski definition) is 4. The molecule has 2 saturated carbocycles. The SMILES string of the molecule is O=C(NC1CCCC1)N[C@H]1CCCCC/C=C\[C@@H]2C[C@@]2(C(=O)O)NC(=O)[C@@H]2C[C@@H](OC(=O)N3Cc4ccccc4C3)CN2C1=O. The molecule has 3 heterocycles. The molecule has 0 unspecified atom stereocenters. The summed E-state index contributed by atoms with van der Waals surface area (Å²) in [6.07, 6.45) is 10.2. The second-order valence-electron chi connectivity index (χ2n) is 13.2. The van der Waals surface area contributed by atoms with Crippen molar-refractivity contribution in [3.63, 3.8) is 0 Å². The third-order valence-electron chi connectivity index (χ3n) is 9.98. The first kappa shape index (κ1) is 30.9. The summed E-state index contributed by atoms with van der Waals surface area (Å²) in [6, 6.07) is 5.49. The van der Waals surface area contributed by atoms with Crippen LogP contribution in [0.4, 0.5) is 9.59 Å². The number of ether oxygens (including phenoxy) is 1. The topological polar surface area (TPSA) is 157 Å². The molecule has 12 nitrogen and oxygen atoms in total. The van der Waals surface area contributed by atoms with Gasteiger partial charge in [-0.25, -0.2) is 14.4 Å². The van der Waals surface area contributed by atoms with E-state index in [1.54, 1.807) is 4.90 Å². The van der Waals surface area contributed by atoms with Crippen molar-refractivity contribution in [2.45, 2.75) is 113 Å². The van der Waals surface area contributed by atoms with E-state index in [4.69, 9.17) is 4.74 Å². The molecule has 3 aliphatic heterocycles. The summed E-state index contributed by atoms with van der Waals surface area (Å²) in [7, 11) is 0. The number of carboxylic acid groups (broad SMARTS) is 1. The lowest BCUT2D eigenvalue weighted by molar-refractivity contribution is -0.145. The largest absolute Gasteiger partial charge is 0.479 e. The average Bonchev–Trinajstić information content (AvgIpc) is 3.43. The van der Waals surface area contributed by atoms with Gasteiger partial charge in [-0.05, 0) is 49.7 Å². The van der Waals surface area contributed by atoms with Crippen molar-refractivity contribution in [3.05, 3.63) is 47.5 Å². The monoisotopic (exact) mass is 621 g/mol. The summed E-state index contributed by atoms with van der Waals surface area (Å²) in [4.78, 5) is 69.4. The maximum Gasteiger partial charge on any atom is 0.410 e. The second kappa shape index (κ2) is 13.1. The zero-order valence-corrected chi connectivity index (χ0v) is 25.5. The molecule has 5 aliphatic rings. The van der Waals surface area contributed by atoms with E-state index in [0.29, 0.717) is 25.9 Å². The number of hydrogen-bond acceptors (Lipinski definition) is 6. The molecule has 5 amide bonds. The second-order valence-corrected chi connectivity index (χ2v) is 13.2. The average molecular weight is 622 g/mol. The molecule has 6 rings (SSSR count). The quantitative estimate of drug-likeness (QED) is 0.376. The molecule has 0 radical (unpaired) electrons. The number of carbonyl (C=O) groups is 5. The number of carbonyl (C=O) groups excluding carboxylic acids is 4. The van der Waals surface area contributed by atoms with E-state index in [0.717, 1.165) is 56.1 Å². The number of urea groups is 1. The van der Waals surface area contributed by atoms with Gasteiger partial charge in [0.1, 0.15) is 23.7 Å². The van der Waals surface area contributed by atoms with E-state index in [1.165, 1.54) is 4.90 Å². The lowest BCUT2D eigenvalue weighted by Crippen LogP contribution is -2.57. The Kier molecular flexibility index (Phi) is 9.00. The Morgan fingerprint density at radius 3 is 2.38 bits per heavy atom. The predicted molar refractivity (Wildman–Crippen MR) is 163 cm³/mol. The van der Waals surface area contributed by atoms with Gasteiger partial charge in [-0.1, -0.05) is 62.1 Å². The molecular weight excluding hydrogens is 578 g/mol. The van der Waals surface area contributed by atoms with Gasteiger partial charge >= 0.3 is 18.1 Å². The zero-order chi connectivity index (χ0) is 31.6. The summed E-state index contributed by atoms with van der Waals surface area (Å²) < 4.78 is 5.87. The molecule has 12 heteroatoms. The number of fused-ring (bicyclic) bond motifs is 3. The van der Waals surface area contributed by atoms with E-state index in [9.17, 15) is 29.1 Å². The van der Waals surface area contributed by atoms with Crippen LogP contribution in [0, 0.1) is 5.92 Å². The molecule has 0 bridgehead atoms. The number of carboxylic acids is 1. The molecule has 2 aliphatic carbocycles. The van der Waals surface area contributed by atoms with Crippen molar-refractivity contribution >= 4 is 29.9 Å². The summed E-state index contributed by atoms with van der Waals surface area (Å²) in [5, 5.41) is 18.7. The zero-order valence-electron chi connectivity index (χ0n) is 25.5. The van der Waals surface area contributed by atoms with Crippen LogP contribution in [0.1, 0.15) is 81.8 Å². The van der Waals surface area contributed by atoms with Gasteiger partial charge < -0.3 is 30.7 Å². The standard InChI is InChI=1S/C33H43N5O7/c39-28-27-16-25(45-32(44)37-18-21-10-6-7-11-22(21)19-37)20-38(27)29(40)26(35-31(43)34-24-13-8-9-14-24)15-5-3-1-2-4-12-23-17-33(23,36-28)30(41)42/h4,6-7,10-12,23-27H,1-3,5,8-9,13-20H2,(H,36,39)(H,41,42)(H2,34,35,43)/b12-4-/t23-,25-,26+,27+,33-/m1/s1. The highest BCUT2D eigenvalue weighted by molar-refractivity contribution is 5.96. The fourth-order valence-corrected chi connectivity index (χ4v) is 7.28. The molecule has 5 atom stereocenters. The maximum absolute atomic E-state index is 14.1. The molecule has 4 N–H and O–H groups in total. The van der Waals surface area contributed by atoms with Crippen molar-refractivity contribution in [2.75, 3.05) is 6.54 Å². The molecular formula is C33H43N5O7. The van der Waals surface area contributed by atoms with Crippen LogP contribution in [-0.2, 0) is 32.2 Å². The van der Waals surface area contributed by atoms with Crippen LogP contribution in [0.25, 0.3) is 0 Å².